The Kier molecular flexibility index (Phi) is 6.66. The third-order valence-electron chi connectivity index (χ3n) is 10.9. The Morgan fingerprint density at radius 1 is 1.13 bits per heavy atom. The number of fused-ring (bicyclic) bond motifs is 5. The number of allylic oxidation sites excluding steroid dienone is 4. The summed E-state index contributed by atoms with van der Waals surface area (Å²) in [6, 6.07) is 0. The Balaban J connectivity index is 1.51. The molecule has 0 bridgehead atoms. The topological polar surface area (TPSA) is 20.2 Å². The number of hydrogen-bond donors (Lipinski definition) is 1. The number of rotatable bonds is 6. The minimum absolute atomic E-state index is 0.0936. The normalized spacial score (nSPS) is 44.2. The molecule has 4 rings (SSSR count). The largest absolute Gasteiger partial charge is 0.393 e. The van der Waals surface area contributed by atoms with E-state index in [-0.39, 0.29) is 6.10 Å². The zero-order valence-electron chi connectivity index (χ0n) is 21.0. The fourth-order valence-electron chi connectivity index (χ4n) is 8.81. The predicted molar refractivity (Wildman–Crippen MR) is 133 cm³/mol. The Bertz CT molecular complexity index is 731. The van der Waals surface area contributed by atoms with Crippen LogP contribution in [0.3, 0.4) is 0 Å². The van der Waals surface area contributed by atoms with Crippen LogP contribution in [0.5, 0.6) is 0 Å². The van der Waals surface area contributed by atoms with Gasteiger partial charge in [-0.25, -0.2) is 0 Å². The fourth-order valence-corrected chi connectivity index (χ4v) is 8.81. The molecule has 1 nitrogen and oxygen atoms in total. The lowest BCUT2D eigenvalue weighted by molar-refractivity contribution is -0.0540. The van der Waals surface area contributed by atoms with E-state index in [0.717, 1.165) is 42.9 Å². The van der Waals surface area contributed by atoms with Crippen molar-refractivity contribution < 1.29 is 5.11 Å². The molecule has 0 heterocycles. The van der Waals surface area contributed by atoms with Crippen LogP contribution in [0.15, 0.2) is 36.0 Å². The van der Waals surface area contributed by atoms with Crippen LogP contribution in [-0.4, -0.2) is 11.2 Å². The lowest BCUT2D eigenvalue weighted by atomic mass is 9.47. The summed E-state index contributed by atoms with van der Waals surface area (Å²) in [7, 11) is 0. The first kappa shape index (κ1) is 23.3. The van der Waals surface area contributed by atoms with Gasteiger partial charge in [-0.15, -0.1) is 0 Å². The molecule has 174 valence electrons. The van der Waals surface area contributed by atoms with Gasteiger partial charge in [0.1, 0.15) is 0 Å². The summed E-state index contributed by atoms with van der Waals surface area (Å²) in [5.74, 6) is 4.65. The lowest BCUT2D eigenvalue weighted by Crippen LogP contribution is -2.50. The third-order valence-corrected chi connectivity index (χ3v) is 10.9. The van der Waals surface area contributed by atoms with Crippen LogP contribution < -0.4 is 0 Å². The van der Waals surface area contributed by atoms with E-state index in [1.807, 2.05) is 0 Å². The van der Waals surface area contributed by atoms with Gasteiger partial charge < -0.3 is 5.11 Å². The van der Waals surface area contributed by atoms with Crippen molar-refractivity contribution in [2.75, 3.05) is 0 Å². The van der Waals surface area contributed by atoms with Gasteiger partial charge in [-0.2, -0.15) is 0 Å². The third kappa shape index (κ3) is 3.92. The predicted octanol–water partition coefficient (Wildman–Crippen LogP) is 8.11. The molecule has 0 unspecified atom stereocenters. The second-order valence-electron chi connectivity index (χ2n) is 12.2. The van der Waals surface area contributed by atoms with E-state index in [0.29, 0.717) is 22.7 Å². The molecule has 1 N–H and O–H groups in total. The zero-order chi connectivity index (χ0) is 22.4. The Morgan fingerprint density at radius 3 is 2.61 bits per heavy atom. The van der Waals surface area contributed by atoms with Crippen molar-refractivity contribution in [3.63, 3.8) is 0 Å². The van der Waals surface area contributed by atoms with Gasteiger partial charge in [-0.3, -0.25) is 0 Å². The molecule has 4 aliphatic carbocycles. The molecule has 0 spiro atoms. The first-order valence-electron chi connectivity index (χ1n) is 13.5. The quantitative estimate of drug-likeness (QED) is 0.427. The maximum absolute atomic E-state index is 10.3. The highest BCUT2D eigenvalue weighted by atomic mass is 16.3. The van der Waals surface area contributed by atoms with Gasteiger partial charge >= 0.3 is 0 Å². The van der Waals surface area contributed by atoms with Crippen molar-refractivity contribution in [1.29, 1.82) is 0 Å². The molecule has 4 aliphatic rings. The minimum Gasteiger partial charge on any atom is -0.393 e. The smallest absolute Gasteiger partial charge is 0.0577 e. The number of hydrogen-bond acceptors (Lipinski definition) is 1. The van der Waals surface area contributed by atoms with Gasteiger partial charge in [0.2, 0.25) is 0 Å². The highest BCUT2D eigenvalue weighted by Gasteiger charge is 2.58. The fraction of sp³-hybridized carbons (Fsp3) is 0.800. The molecule has 3 saturated carbocycles. The summed E-state index contributed by atoms with van der Waals surface area (Å²) in [5, 5.41) is 10.3. The van der Waals surface area contributed by atoms with Crippen LogP contribution in [0.1, 0.15) is 98.8 Å². The van der Waals surface area contributed by atoms with Crippen LogP contribution in [0, 0.1) is 46.3 Å². The number of aliphatic hydroxyl groups excluding tert-OH is 1. The van der Waals surface area contributed by atoms with E-state index in [2.05, 4.69) is 59.4 Å². The molecule has 0 amide bonds. The van der Waals surface area contributed by atoms with Crippen molar-refractivity contribution >= 4 is 0 Å². The second-order valence-corrected chi connectivity index (χ2v) is 12.2. The monoisotopic (exact) mass is 424 g/mol. The van der Waals surface area contributed by atoms with Crippen molar-refractivity contribution in [2.45, 2.75) is 105 Å². The summed E-state index contributed by atoms with van der Waals surface area (Å²) < 4.78 is 0. The lowest BCUT2D eigenvalue weighted by Gasteiger charge is -2.58. The van der Waals surface area contributed by atoms with E-state index >= 15 is 0 Å². The van der Waals surface area contributed by atoms with Gasteiger partial charge in [0.05, 0.1) is 6.10 Å². The number of aliphatic hydroxyl groups is 1. The molecule has 0 aliphatic heterocycles. The van der Waals surface area contributed by atoms with Crippen LogP contribution >= 0.6 is 0 Å². The van der Waals surface area contributed by atoms with Gasteiger partial charge in [-0.05, 0) is 111 Å². The molecule has 1 heteroatoms. The first-order chi connectivity index (χ1) is 14.7. The van der Waals surface area contributed by atoms with Gasteiger partial charge in [0, 0.05) is 0 Å². The summed E-state index contributed by atoms with van der Waals surface area (Å²) in [6.45, 7) is 16.5. The molecule has 9 atom stereocenters. The molecule has 0 aromatic heterocycles. The Hall–Kier alpha value is -0.820. The molecule has 0 aromatic rings. The van der Waals surface area contributed by atoms with Gasteiger partial charge in [-0.1, -0.05) is 70.6 Å². The first-order valence-corrected chi connectivity index (χ1v) is 13.5. The maximum Gasteiger partial charge on any atom is 0.0577 e. The second kappa shape index (κ2) is 8.85. The van der Waals surface area contributed by atoms with E-state index < -0.39 is 0 Å². The van der Waals surface area contributed by atoms with Crippen molar-refractivity contribution in [1.82, 2.24) is 0 Å². The van der Waals surface area contributed by atoms with Crippen molar-refractivity contribution in [3.8, 4) is 0 Å². The van der Waals surface area contributed by atoms with Gasteiger partial charge in [0.25, 0.3) is 0 Å². The van der Waals surface area contributed by atoms with E-state index in [1.54, 1.807) is 5.57 Å². The molecule has 3 fully saturated rings. The highest BCUT2D eigenvalue weighted by Crippen LogP contribution is 2.67. The molecular formula is C30H48O. The van der Waals surface area contributed by atoms with Crippen molar-refractivity contribution in [3.05, 3.63) is 36.0 Å². The van der Waals surface area contributed by atoms with Crippen LogP contribution in [-0.2, 0) is 0 Å². The summed E-state index contributed by atoms with van der Waals surface area (Å²) >= 11 is 0. The SMILES string of the molecule is C=C(CC)[C@H](/C=C/[C@@H](C)[C@H]1CC[C@H]2[C@@H]3CC=C4C[C@@H](O)CC[C@]4(C)[C@H]3CC[C@]12C)CC. The molecule has 0 radical (unpaired) electrons. The molecule has 31 heavy (non-hydrogen) atoms. The molecule has 0 saturated heterocycles. The Morgan fingerprint density at radius 2 is 1.90 bits per heavy atom. The molecular weight excluding hydrogens is 376 g/mol. The standard InChI is InChI=1S/C30H48O/c1-7-20(3)22(8-2)10-9-21(4)26-13-14-27-25-12-11-23-19-24(31)15-17-29(23,5)28(25)16-18-30(26,27)6/h9-11,21-22,24-28,31H,3,7-8,12-19H2,1-2,4-6H3/b10-9+/t21-,22+,24+,25+,26-,27+,28+,29+,30-/m1/s1. The maximum atomic E-state index is 10.3. The summed E-state index contributed by atoms with van der Waals surface area (Å²) in [4.78, 5) is 0. The average molecular weight is 425 g/mol. The average Bonchev–Trinajstić information content (AvgIpc) is 3.11. The zero-order valence-corrected chi connectivity index (χ0v) is 21.0. The van der Waals surface area contributed by atoms with Gasteiger partial charge in [0.15, 0.2) is 0 Å². The van der Waals surface area contributed by atoms with Crippen LogP contribution in [0.4, 0.5) is 0 Å². The molecule has 0 aromatic carbocycles. The Labute approximate surface area is 192 Å². The minimum atomic E-state index is -0.0936. The summed E-state index contributed by atoms with van der Waals surface area (Å²) in [5.41, 5.74) is 3.85. The van der Waals surface area contributed by atoms with E-state index in [1.165, 1.54) is 50.5 Å². The van der Waals surface area contributed by atoms with Crippen LogP contribution in [0.2, 0.25) is 0 Å². The van der Waals surface area contributed by atoms with Crippen molar-refractivity contribution in [2.24, 2.45) is 46.3 Å². The highest BCUT2D eigenvalue weighted by molar-refractivity contribution is 5.25. The van der Waals surface area contributed by atoms with E-state index in [9.17, 15) is 5.11 Å². The van der Waals surface area contributed by atoms with Crippen LogP contribution in [0.25, 0.3) is 0 Å². The van der Waals surface area contributed by atoms with E-state index in [4.69, 9.17) is 0 Å². The summed E-state index contributed by atoms with van der Waals surface area (Å²) in [6.07, 6.45) is 19.9.